The van der Waals surface area contributed by atoms with Crippen molar-refractivity contribution >= 4 is 11.6 Å². The maximum atomic E-state index is 12.7. The van der Waals surface area contributed by atoms with Gasteiger partial charge in [0.1, 0.15) is 10.9 Å². The summed E-state index contributed by atoms with van der Waals surface area (Å²) in [6.45, 7) is 5.51. The normalized spacial score (nSPS) is 11.6. The summed E-state index contributed by atoms with van der Waals surface area (Å²) in [6, 6.07) is 4.88. The molecule has 21 heavy (non-hydrogen) atoms. The van der Waals surface area contributed by atoms with Crippen LogP contribution in [0.25, 0.3) is 0 Å². The quantitative estimate of drug-likeness (QED) is 0.742. The molecule has 1 aromatic carbocycles. The molecule has 0 amide bonds. The maximum Gasteiger partial charge on any atom is 0.451 e. The van der Waals surface area contributed by atoms with E-state index in [0.717, 1.165) is 22.8 Å². The monoisotopic (exact) mass is 316 g/mol. The first-order valence-electron chi connectivity index (χ1n) is 6.05. The van der Waals surface area contributed by atoms with Crippen molar-refractivity contribution < 1.29 is 17.9 Å². The molecule has 7 heteroatoms. The molecule has 2 aromatic rings. The minimum Gasteiger partial charge on any atom is -0.438 e. The summed E-state index contributed by atoms with van der Waals surface area (Å²) in [7, 11) is 0. The third-order valence-electron chi connectivity index (χ3n) is 3.01. The third kappa shape index (κ3) is 3.44. The number of nitrogens with zero attached hydrogens (tertiary/aromatic N) is 2. The van der Waals surface area contributed by atoms with Crippen LogP contribution in [0.1, 0.15) is 22.5 Å². The molecule has 0 bridgehead atoms. The van der Waals surface area contributed by atoms with E-state index in [1.54, 1.807) is 6.92 Å². The molecule has 112 valence electrons. The number of halogens is 4. The van der Waals surface area contributed by atoms with E-state index in [4.69, 9.17) is 16.3 Å². The minimum atomic E-state index is -4.68. The van der Waals surface area contributed by atoms with Crippen LogP contribution in [-0.4, -0.2) is 9.97 Å². The predicted molar refractivity (Wildman–Crippen MR) is 72.8 cm³/mol. The molecule has 0 saturated carbocycles. The fourth-order valence-electron chi connectivity index (χ4n) is 1.76. The summed E-state index contributed by atoms with van der Waals surface area (Å²) >= 11 is 5.60. The van der Waals surface area contributed by atoms with Crippen molar-refractivity contribution in [1.82, 2.24) is 9.97 Å². The van der Waals surface area contributed by atoms with Gasteiger partial charge in [-0.3, -0.25) is 0 Å². The molecule has 0 aliphatic heterocycles. The van der Waals surface area contributed by atoms with Crippen molar-refractivity contribution in [3.05, 3.63) is 45.9 Å². The number of aryl methyl sites for hydroxylation is 2. The van der Waals surface area contributed by atoms with Crippen molar-refractivity contribution in [2.75, 3.05) is 0 Å². The van der Waals surface area contributed by atoms with E-state index in [-0.39, 0.29) is 11.0 Å². The van der Waals surface area contributed by atoms with Gasteiger partial charge in [-0.25, -0.2) is 4.98 Å². The van der Waals surface area contributed by atoms with E-state index < -0.39 is 12.0 Å². The van der Waals surface area contributed by atoms with E-state index in [0.29, 0.717) is 5.75 Å². The Hall–Kier alpha value is -1.82. The molecule has 0 atom stereocenters. The molecule has 2 rings (SSSR count). The van der Waals surface area contributed by atoms with Crippen LogP contribution in [0.15, 0.2) is 18.2 Å². The van der Waals surface area contributed by atoms with Gasteiger partial charge in [-0.2, -0.15) is 18.2 Å². The van der Waals surface area contributed by atoms with Crippen LogP contribution >= 0.6 is 11.6 Å². The smallest absolute Gasteiger partial charge is 0.438 e. The Morgan fingerprint density at radius 3 is 2.29 bits per heavy atom. The first-order chi connectivity index (χ1) is 9.68. The Bertz CT molecular complexity index is 687. The Labute approximate surface area is 124 Å². The number of hydrogen-bond acceptors (Lipinski definition) is 3. The Balaban J connectivity index is 2.46. The third-order valence-corrected chi connectivity index (χ3v) is 3.20. The summed E-state index contributed by atoms with van der Waals surface area (Å²) < 4.78 is 43.5. The highest BCUT2D eigenvalue weighted by molar-refractivity contribution is 6.29. The number of benzene rings is 1. The van der Waals surface area contributed by atoms with Gasteiger partial charge in [-0.1, -0.05) is 23.7 Å². The highest BCUT2D eigenvalue weighted by Gasteiger charge is 2.35. The molecule has 3 nitrogen and oxygen atoms in total. The molecule has 0 unspecified atom stereocenters. The van der Waals surface area contributed by atoms with Crippen LogP contribution in [0.3, 0.4) is 0 Å². The van der Waals surface area contributed by atoms with Crippen LogP contribution in [-0.2, 0) is 6.18 Å². The van der Waals surface area contributed by atoms with Gasteiger partial charge in [0, 0.05) is 6.07 Å². The largest absolute Gasteiger partial charge is 0.451 e. The Morgan fingerprint density at radius 1 is 1.05 bits per heavy atom. The van der Waals surface area contributed by atoms with Crippen molar-refractivity contribution in [1.29, 1.82) is 0 Å². The molecule has 0 spiro atoms. The van der Waals surface area contributed by atoms with Gasteiger partial charge >= 0.3 is 6.18 Å². The van der Waals surface area contributed by atoms with Crippen LogP contribution in [0, 0.1) is 20.8 Å². The van der Waals surface area contributed by atoms with Gasteiger partial charge in [0.15, 0.2) is 0 Å². The highest BCUT2D eigenvalue weighted by atomic mass is 35.5. The summed E-state index contributed by atoms with van der Waals surface area (Å²) in [5, 5.41) is -0.324. The van der Waals surface area contributed by atoms with Gasteiger partial charge in [-0.15, -0.1) is 0 Å². The average Bonchev–Trinajstić information content (AvgIpc) is 2.38. The van der Waals surface area contributed by atoms with Crippen molar-refractivity contribution in [2.45, 2.75) is 26.9 Å². The van der Waals surface area contributed by atoms with Crippen LogP contribution in [0.2, 0.25) is 5.15 Å². The number of alkyl halides is 3. The van der Waals surface area contributed by atoms with Gasteiger partial charge in [-0.05, 0) is 37.5 Å². The molecule has 1 heterocycles. The summed E-state index contributed by atoms with van der Waals surface area (Å²) in [4.78, 5) is 6.53. The van der Waals surface area contributed by atoms with E-state index >= 15 is 0 Å². The fraction of sp³-hybridized carbons (Fsp3) is 0.286. The molecule has 1 aromatic heterocycles. The van der Waals surface area contributed by atoms with E-state index in [1.165, 1.54) is 0 Å². The van der Waals surface area contributed by atoms with Crippen molar-refractivity contribution in [3.8, 4) is 11.6 Å². The molecule has 0 fully saturated rings. The highest BCUT2D eigenvalue weighted by Crippen LogP contribution is 2.33. The first-order valence-corrected chi connectivity index (χ1v) is 6.42. The zero-order chi connectivity index (χ0) is 15.8. The molecule has 0 N–H and O–H groups in total. The zero-order valence-electron chi connectivity index (χ0n) is 11.5. The second kappa shape index (κ2) is 5.52. The van der Waals surface area contributed by atoms with E-state index in [1.807, 2.05) is 26.0 Å². The summed E-state index contributed by atoms with van der Waals surface area (Å²) in [5.41, 5.74) is 2.59. The maximum absolute atomic E-state index is 12.7. The predicted octanol–water partition coefficient (Wildman–Crippen LogP) is 4.87. The summed E-state index contributed by atoms with van der Waals surface area (Å²) in [6.07, 6.45) is -4.68. The summed E-state index contributed by atoms with van der Waals surface area (Å²) in [5.74, 6) is -1.09. The minimum absolute atomic E-state index is 0.237. The molecule has 0 aliphatic rings. The zero-order valence-corrected chi connectivity index (χ0v) is 12.3. The Morgan fingerprint density at radius 2 is 1.67 bits per heavy atom. The second-order valence-electron chi connectivity index (χ2n) is 4.61. The van der Waals surface area contributed by atoms with Gasteiger partial charge in [0.2, 0.25) is 11.7 Å². The Kier molecular flexibility index (Phi) is 4.09. The van der Waals surface area contributed by atoms with Crippen molar-refractivity contribution in [3.63, 3.8) is 0 Å². The first kappa shape index (κ1) is 15.6. The lowest BCUT2D eigenvalue weighted by molar-refractivity contribution is -0.145. The number of hydrogen-bond donors (Lipinski definition) is 0. The standard InChI is InChI=1S/C14H12ClF3N2O/c1-7-4-5-8(2)12(9(7)3)21-11-6-10(15)19-13(20-11)14(16,17)18/h4-6H,1-3H3. The number of ether oxygens (including phenoxy) is 1. The lowest BCUT2D eigenvalue weighted by Gasteiger charge is -2.14. The second-order valence-corrected chi connectivity index (χ2v) is 4.99. The lowest BCUT2D eigenvalue weighted by atomic mass is 10.1. The topological polar surface area (TPSA) is 35.0 Å². The van der Waals surface area contributed by atoms with Gasteiger partial charge in [0.05, 0.1) is 0 Å². The van der Waals surface area contributed by atoms with Gasteiger partial charge < -0.3 is 4.74 Å². The van der Waals surface area contributed by atoms with Crippen LogP contribution < -0.4 is 4.74 Å². The van der Waals surface area contributed by atoms with Crippen molar-refractivity contribution in [2.24, 2.45) is 0 Å². The molecular weight excluding hydrogens is 305 g/mol. The number of rotatable bonds is 2. The molecule has 0 saturated heterocycles. The molecule has 0 radical (unpaired) electrons. The van der Waals surface area contributed by atoms with Gasteiger partial charge in [0.25, 0.3) is 0 Å². The van der Waals surface area contributed by atoms with Crippen LogP contribution in [0.5, 0.6) is 11.6 Å². The number of aromatic nitrogens is 2. The van der Waals surface area contributed by atoms with E-state index in [9.17, 15) is 13.2 Å². The molecule has 0 aliphatic carbocycles. The average molecular weight is 317 g/mol. The van der Waals surface area contributed by atoms with E-state index in [2.05, 4.69) is 9.97 Å². The lowest BCUT2D eigenvalue weighted by Crippen LogP contribution is -2.11. The van der Waals surface area contributed by atoms with Crippen LogP contribution in [0.4, 0.5) is 13.2 Å². The fourth-order valence-corrected chi connectivity index (χ4v) is 1.94. The molecular formula is C14H12ClF3N2O. The SMILES string of the molecule is Cc1ccc(C)c(Oc2cc(Cl)nc(C(F)(F)F)n2)c1C.